The second kappa shape index (κ2) is 7.49. The monoisotopic (exact) mass is 319 g/mol. The molecule has 2 rings (SSSR count). The predicted octanol–water partition coefficient (Wildman–Crippen LogP) is 3.25. The molecule has 0 aliphatic rings. The van der Waals surface area contributed by atoms with E-state index in [1.807, 2.05) is 0 Å². The zero-order valence-electron chi connectivity index (χ0n) is 13.1. The van der Waals surface area contributed by atoms with Gasteiger partial charge in [0.25, 0.3) is 5.91 Å². The van der Waals surface area contributed by atoms with Crippen molar-refractivity contribution >= 4 is 11.6 Å². The second-order valence-corrected chi connectivity index (χ2v) is 4.78. The highest BCUT2D eigenvalue weighted by atomic mass is 19.1. The van der Waals surface area contributed by atoms with Gasteiger partial charge in [-0.25, -0.2) is 4.39 Å². The fraction of sp³-hybridized carbons (Fsp3) is 0.235. The summed E-state index contributed by atoms with van der Waals surface area (Å²) in [5.74, 6) is 0.535. The Labute approximate surface area is 134 Å². The molecule has 0 saturated carbocycles. The summed E-state index contributed by atoms with van der Waals surface area (Å²) in [6.45, 7) is 1.57. The van der Waals surface area contributed by atoms with E-state index in [2.05, 4.69) is 5.32 Å². The Morgan fingerprint density at radius 2 is 1.61 bits per heavy atom. The third-order valence-corrected chi connectivity index (χ3v) is 3.14. The van der Waals surface area contributed by atoms with Gasteiger partial charge in [0.1, 0.15) is 23.1 Å². The van der Waals surface area contributed by atoms with E-state index < -0.39 is 17.8 Å². The minimum atomic E-state index is -0.827. The predicted molar refractivity (Wildman–Crippen MR) is 84.7 cm³/mol. The lowest BCUT2D eigenvalue weighted by Crippen LogP contribution is -2.30. The summed E-state index contributed by atoms with van der Waals surface area (Å²) in [6.07, 6.45) is -0.827. The number of carbonyl (C=O) groups is 1. The molecule has 2 aromatic carbocycles. The molecule has 1 atom stereocenters. The lowest BCUT2D eigenvalue weighted by molar-refractivity contribution is -0.122. The van der Waals surface area contributed by atoms with Gasteiger partial charge in [-0.1, -0.05) is 12.1 Å². The molecule has 6 heteroatoms. The zero-order valence-corrected chi connectivity index (χ0v) is 13.1. The number of para-hydroxylation sites is 1. The summed E-state index contributed by atoms with van der Waals surface area (Å²) in [7, 11) is 3.04. The molecule has 2 aromatic rings. The Hall–Kier alpha value is -2.76. The molecular weight excluding hydrogens is 301 g/mol. The molecular formula is C17H18FNO4. The minimum Gasteiger partial charge on any atom is -0.496 e. The van der Waals surface area contributed by atoms with Gasteiger partial charge in [-0.2, -0.15) is 0 Å². The van der Waals surface area contributed by atoms with Crippen molar-refractivity contribution in [2.24, 2.45) is 0 Å². The molecule has 1 amide bonds. The summed E-state index contributed by atoms with van der Waals surface area (Å²) in [5, 5.41) is 2.49. The van der Waals surface area contributed by atoms with Crippen LogP contribution in [0.1, 0.15) is 6.92 Å². The summed E-state index contributed by atoms with van der Waals surface area (Å²) < 4.78 is 29.4. The molecule has 0 radical (unpaired) electrons. The van der Waals surface area contributed by atoms with Crippen LogP contribution in [0.15, 0.2) is 42.5 Å². The van der Waals surface area contributed by atoms with E-state index in [4.69, 9.17) is 14.2 Å². The van der Waals surface area contributed by atoms with Crippen LogP contribution in [0.4, 0.5) is 10.1 Å². The maximum absolute atomic E-state index is 13.5. The van der Waals surface area contributed by atoms with Crippen LogP contribution in [0.25, 0.3) is 0 Å². The topological polar surface area (TPSA) is 56.8 Å². The normalized spacial score (nSPS) is 11.5. The van der Waals surface area contributed by atoms with E-state index in [0.717, 1.165) is 0 Å². The van der Waals surface area contributed by atoms with Crippen LogP contribution < -0.4 is 19.5 Å². The van der Waals surface area contributed by atoms with E-state index in [-0.39, 0.29) is 5.69 Å². The third-order valence-electron chi connectivity index (χ3n) is 3.14. The third kappa shape index (κ3) is 4.35. The van der Waals surface area contributed by atoms with Gasteiger partial charge in [-0.15, -0.1) is 0 Å². The van der Waals surface area contributed by atoms with E-state index in [1.165, 1.54) is 26.4 Å². The van der Waals surface area contributed by atoms with Gasteiger partial charge >= 0.3 is 0 Å². The maximum Gasteiger partial charge on any atom is 0.265 e. The van der Waals surface area contributed by atoms with Crippen molar-refractivity contribution in [2.75, 3.05) is 19.5 Å². The molecule has 23 heavy (non-hydrogen) atoms. The lowest BCUT2D eigenvalue weighted by Gasteiger charge is -2.16. The Kier molecular flexibility index (Phi) is 5.41. The smallest absolute Gasteiger partial charge is 0.265 e. The van der Waals surface area contributed by atoms with E-state index in [1.54, 1.807) is 37.3 Å². The van der Waals surface area contributed by atoms with Gasteiger partial charge in [0, 0.05) is 18.2 Å². The molecule has 1 N–H and O–H groups in total. The fourth-order valence-corrected chi connectivity index (χ4v) is 1.90. The molecule has 0 unspecified atom stereocenters. The number of hydrogen-bond acceptors (Lipinski definition) is 4. The number of halogens is 1. The van der Waals surface area contributed by atoms with E-state index in [0.29, 0.717) is 17.2 Å². The Morgan fingerprint density at radius 3 is 2.17 bits per heavy atom. The quantitative estimate of drug-likeness (QED) is 0.888. The number of ether oxygens (including phenoxy) is 3. The maximum atomic E-state index is 13.5. The number of rotatable bonds is 6. The van der Waals surface area contributed by atoms with Gasteiger partial charge in [0.05, 0.1) is 19.9 Å². The van der Waals surface area contributed by atoms with Crippen LogP contribution in [0.5, 0.6) is 17.2 Å². The largest absolute Gasteiger partial charge is 0.496 e. The fourth-order valence-electron chi connectivity index (χ4n) is 1.90. The van der Waals surface area contributed by atoms with E-state index >= 15 is 0 Å². The van der Waals surface area contributed by atoms with Gasteiger partial charge < -0.3 is 19.5 Å². The van der Waals surface area contributed by atoms with Crippen LogP contribution in [-0.4, -0.2) is 26.2 Å². The first kappa shape index (κ1) is 16.6. The summed E-state index contributed by atoms with van der Waals surface area (Å²) in [5.41, 5.74) is 0.108. The molecule has 0 heterocycles. The number of hydrogen-bond donors (Lipinski definition) is 1. The van der Waals surface area contributed by atoms with Crippen LogP contribution in [0.3, 0.4) is 0 Å². The minimum absolute atomic E-state index is 0.108. The Balaban J connectivity index is 2.08. The molecule has 5 nitrogen and oxygen atoms in total. The average molecular weight is 319 g/mol. The molecule has 0 aromatic heterocycles. The van der Waals surface area contributed by atoms with Crippen molar-refractivity contribution in [2.45, 2.75) is 13.0 Å². The number of nitrogens with one attached hydrogen (secondary N) is 1. The molecule has 0 bridgehead atoms. The average Bonchev–Trinajstić information content (AvgIpc) is 2.56. The van der Waals surface area contributed by atoms with Crippen molar-refractivity contribution in [3.05, 3.63) is 48.3 Å². The van der Waals surface area contributed by atoms with Crippen molar-refractivity contribution < 1.29 is 23.4 Å². The highest BCUT2D eigenvalue weighted by Crippen LogP contribution is 2.28. The number of methoxy groups -OCH3 is 2. The van der Waals surface area contributed by atoms with Crippen molar-refractivity contribution in [3.8, 4) is 17.2 Å². The van der Waals surface area contributed by atoms with Crippen molar-refractivity contribution in [1.29, 1.82) is 0 Å². The first-order valence-corrected chi connectivity index (χ1v) is 6.98. The van der Waals surface area contributed by atoms with Gasteiger partial charge in [0.2, 0.25) is 0 Å². The SMILES string of the molecule is COc1cc(OC)cc(O[C@@H](C)C(=O)Nc2ccccc2F)c1. The summed E-state index contributed by atoms with van der Waals surface area (Å²) in [6, 6.07) is 10.9. The van der Waals surface area contributed by atoms with Crippen molar-refractivity contribution in [1.82, 2.24) is 0 Å². The first-order chi connectivity index (χ1) is 11.0. The van der Waals surface area contributed by atoms with Gasteiger partial charge in [-0.3, -0.25) is 4.79 Å². The number of benzene rings is 2. The highest BCUT2D eigenvalue weighted by Gasteiger charge is 2.17. The first-order valence-electron chi connectivity index (χ1n) is 6.98. The molecule has 122 valence electrons. The molecule has 0 fully saturated rings. The number of amides is 1. The second-order valence-electron chi connectivity index (χ2n) is 4.78. The lowest BCUT2D eigenvalue weighted by atomic mass is 10.2. The molecule has 0 aliphatic heterocycles. The Bertz CT molecular complexity index is 668. The standard InChI is InChI=1S/C17H18FNO4/c1-11(17(20)19-16-7-5-4-6-15(16)18)23-14-9-12(21-2)8-13(10-14)22-3/h4-11H,1-3H3,(H,19,20)/t11-/m0/s1. The highest BCUT2D eigenvalue weighted by molar-refractivity contribution is 5.94. The van der Waals surface area contributed by atoms with Crippen LogP contribution in [-0.2, 0) is 4.79 Å². The Morgan fingerprint density at radius 1 is 1.04 bits per heavy atom. The molecule has 0 saturated heterocycles. The molecule has 0 spiro atoms. The number of carbonyl (C=O) groups excluding carboxylic acids is 1. The zero-order chi connectivity index (χ0) is 16.8. The molecule has 0 aliphatic carbocycles. The van der Waals surface area contributed by atoms with Crippen molar-refractivity contribution in [3.63, 3.8) is 0 Å². The summed E-state index contributed by atoms with van der Waals surface area (Å²) in [4.78, 5) is 12.1. The summed E-state index contributed by atoms with van der Waals surface area (Å²) >= 11 is 0. The number of anilines is 1. The van der Waals surface area contributed by atoms with Gasteiger partial charge in [0.15, 0.2) is 6.10 Å². The van der Waals surface area contributed by atoms with Crippen LogP contribution in [0.2, 0.25) is 0 Å². The van der Waals surface area contributed by atoms with E-state index in [9.17, 15) is 9.18 Å². The van der Waals surface area contributed by atoms with Crippen LogP contribution >= 0.6 is 0 Å². The van der Waals surface area contributed by atoms with Crippen LogP contribution in [0, 0.1) is 5.82 Å². The van der Waals surface area contributed by atoms with Gasteiger partial charge in [-0.05, 0) is 19.1 Å².